The Morgan fingerprint density at radius 2 is 1.91 bits per heavy atom. The Bertz CT molecular complexity index is 727. The number of carbonyl (C=O) groups excluding carboxylic acids is 2. The van der Waals surface area contributed by atoms with Crippen LogP contribution in [-0.2, 0) is 11.3 Å². The first-order valence-corrected chi connectivity index (χ1v) is 7.09. The summed E-state index contributed by atoms with van der Waals surface area (Å²) in [6, 6.07) is 9.63. The van der Waals surface area contributed by atoms with Crippen LogP contribution in [0.15, 0.2) is 36.4 Å². The molecule has 0 unspecified atom stereocenters. The number of halogens is 1. The maximum Gasteiger partial charge on any atom is 0.341 e. The van der Waals surface area contributed by atoms with E-state index >= 15 is 0 Å². The monoisotopic (exact) mass is 334 g/mol. The molecule has 6 heteroatoms. The highest BCUT2D eigenvalue weighted by molar-refractivity contribution is 6.30. The van der Waals surface area contributed by atoms with Crippen LogP contribution in [0.3, 0.4) is 0 Å². The van der Waals surface area contributed by atoms with Crippen molar-refractivity contribution in [3.05, 3.63) is 58.1 Å². The zero-order valence-electron chi connectivity index (χ0n) is 12.7. The smallest absolute Gasteiger partial charge is 0.341 e. The molecule has 0 saturated heterocycles. The van der Waals surface area contributed by atoms with Gasteiger partial charge in [0, 0.05) is 16.1 Å². The summed E-state index contributed by atoms with van der Waals surface area (Å²) in [4.78, 5) is 22.7. The van der Waals surface area contributed by atoms with Gasteiger partial charge >= 0.3 is 5.97 Å². The van der Waals surface area contributed by atoms with Gasteiger partial charge in [0.25, 0.3) is 0 Å². The van der Waals surface area contributed by atoms with Crippen LogP contribution < -0.4 is 9.47 Å². The number of esters is 1. The third-order valence-corrected chi connectivity index (χ3v) is 3.41. The highest BCUT2D eigenvalue weighted by Crippen LogP contribution is 2.27. The van der Waals surface area contributed by atoms with Crippen LogP contribution in [-0.4, -0.2) is 26.5 Å². The molecule has 0 saturated carbocycles. The minimum atomic E-state index is -0.523. The fraction of sp³-hybridized carbons (Fsp3) is 0.176. The molecule has 0 aliphatic heterocycles. The van der Waals surface area contributed by atoms with Crippen molar-refractivity contribution in [1.82, 2.24) is 0 Å². The molecule has 2 aromatic carbocycles. The second-order valence-corrected chi connectivity index (χ2v) is 5.05. The van der Waals surface area contributed by atoms with Crippen molar-refractivity contribution in [3.8, 4) is 11.5 Å². The fourth-order valence-corrected chi connectivity index (χ4v) is 2.20. The van der Waals surface area contributed by atoms with Crippen LogP contribution in [0.5, 0.6) is 11.5 Å². The second kappa shape index (κ2) is 7.65. The van der Waals surface area contributed by atoms with Gasteiger partial charge in [0.2, 0.25) is 0 Å². The Hall–Kier alpha value is -2.53. The number of hydrogen-bond donors (Lipinski definition) is 0. The molecular formula is C17H15ClO5. The first-order valence-electron chi connectivity index (χ1n) is 6.71. The van der Waals surface area contributed by atoms with Crippen LogP contribution in [0, 0.1) is 0 Å². The summed E-state index contributed by atoms with van der Waals surface area (Å²) < 4.78 is 15.6. The van der Waals surface area contributed by atoms with Gasteiger partial charge in [-0.1, -0.05) is 11.6 Å². The second-order valence-electron chi connectivity index (χ2n) is 4.61. The summed E-state index contributed by atoms with van der Waals surface area (Å²) in [5.74, 6) is 0.352. The highest BCUT2D eigenvalue weighted by atomic mass is 35.5. The topological polar surface area (TPSA) is 61.8 Å². The molecule has 0 atom stereocenters. The van der Waals surface area contributed by atoms with Crippen molar-refractivity contribution < 1.29 is 23.8 Å². The van der Waals surface area contributed by atoms with E-state index in [1.54, 1.807) is 24.3 Å². The maximum atomic E-state index is 11.8. The molecule has 5 nitrogen and oxygen atoms in total. The van der Waals surface area contributed by atoms with E-state index in [0.29, 0.717) is 27.6 Å². The van der Waals surface area contributed by atoms with Gasteiger partial charge in [-0.05, 0) is 36.4 Å². The Balaban J connectivity index is 2.29. The van der Waals surface area contributed by atoms with Crippen LogP contribution in [0.2, 0.25) is 5.02 Å². The lowest BCUT2D eigenvalue weighted by Gasteiger charge is -2.13. The molecule has 0 heterocycles. The SMILES string of the molecule is COC(=O)c1ccc(Cl)cc1OCc1cc(C=O)ccc1OC. The van der Waals surface area contributed by atoms with Crippen molar-refractivity contribution in [2.45, 2.75) is 6.61 Å². The van der Waals surface area contributed by atoms with Crippen LogP contribution >= 0.6 is 11.6 Å². The van der Waals surface area contributed by atoms with Crippen molar-refractivity contribution in [3.63, 3.8) is 0 Å². The van der Waals surface area contributed by atoms with Gasteiger partial charge in [0.1, 0.15) is 30.0 Å². The lowest BCUT2D eigenvalue weighted by molar-refractivity contribution is 0.0595. The average Bonchev–Trinajstić information content (AvgIpc) is 2.59. The van der Waals surface area contributed by atoms with Crippen molar-refractivity contribution >= 4 is 23.9 Å². The standard InChI is InChI=1S/C17H15ClO5/c1-21-15-6-3-11(9-19)7-12(15)10-23-16-8-13(18)4-5-14(16)17(20)22-2/h3-9H,10H2,1-2H3. The van der Waals surface area contributed by atoms with Gasteiger partial charge in [-0.2, -0.15) is 0 Å². The molecule has 0 aliphatic carbocycles. The first kappa shape index (κ1) is 16.8. The van der Waals surface area contributed by atoms with Gasteiger partial charge in [-0.25, -0.2) is 4.79 Å². The predicted molar refractivity (Wildman–Crippen MR) is 85.5 cm³/mol. The largest absolute Gasteiger partial charge is 0.496 e. The summed E-state index contributed by atoms with van der Waals surface area (Å²) in [5, 5.41) is 0.432. The third-order valence-electron chi connectivity index (χ3n) is 3.17. The Labute approximate surface area is 138 Å². The number of aldehydes is 1. The van der Waals surface area contributed by atoms with E-state index in [1.165, 1.54) is 26.4 Å². The van der Waals surface area contributed by atoms with E-state index in [-0.39, 0.29) is 12.2 Å². The van der Waals surface area contributed by atoms with Gasteiger partial charge in [-0.3, -0.25) is 4.79 Å². The molecule has 0 fully saturated rings. The summed E-state index contributed by atoms with van der Waals surface area (Å²) in [6.45, 7) is 0.106. The minimum absolute atomic E-state index is 0.106. The summed E-state index contributed by atoms with van der Waals surface area (Å²) >= 11 is 5.95. The molecule has 0 radical (unpaired) electrons. The van der Waals surface area contributed by atoms with E-state index in [9.17, 15) is 9.59 Å². The van der Waals surface area contributed by atoms with Crippen molar-refractivity contribution in [2.75, 3.05) is 14.2 Å². The molecule has 2 aromatic rings. The number of benzene rings is 2. The molecule has 120 valence electrons. The fourth-order valence-electron chi connectivity index (χ4n) is 2.03. The lowest BCUT2D eigenvalue weighted by Crippen LogP contribution is -2.06. The van der Waals surface area contributed by atoms with Gasteiger partial charge < -0.3 is 14.2 Å². The number of methoxy groups -OCH3 is 2. The van der Waals surface area contributed by atoms with Crippen LogP contribution in [0.25, 0.3) is 0 Å². The van der Waals surface area contributed by atoms with E-state index in [4.69, 9.17) is 25.8 Å². The molecule has 2 rings (SSSR count). The van der Waals surface area contributed by atoms with E-state index in [0.717, 1.165) is 6.29 Å². The molecular weight excluding hydrogens is 320 g/mol. The van der Waals surface area contributed by atoms with Crippen LogP contribution in [0.4, 0.5) is 0 Å². The van der Waals surface area contributed by atoms with E-state index in [2.05, 4.69) is 0 Å². The number of rotatable bonds is 6. The number of hydrogen-bond acceptors (Lipinski definition) is 5. The van der Waals surface area contributed by atoms with Crippen molar-refractivity contribution in [2.24, 2.45) is 0 Å². The quantitative estimate of drug-likeness (QED) is 0.597. The zero-order chi connectivity index (χ0) is 16.8. The van der Waals surface area contributed by atoms with Crippen molar-refractivity contribution in [1.29, 1.82) is 0 Å². The minimum Gasteiger partial charge on any atom is -0.496 e. The highest BCUT2D eigenvalue weighted by Gasteiger charge is 2.14. The number of carbonyl (C=O) groups is 2. The predicted octanol–water partition coefficient (Wildman–Crippen LogP) is 3.53. The maximum absolute atomic E-state index is 11.8. The molecule has 0 bridgehead atoms. The summed E-state index contributed by atoms with van der Waals surface area (Å²) in [7, 11) is 2.82. The normalized spacial score (nSPS) is 10.0. The van der Waals surface area contributed by atoms with Gasteiger partial charge in [0.15, 0.2) is 0 Å². The number of ether oxygens (including phenoxy) is 3. The summed E-state index contributed by atoms with van der Waals surface area (Å²) in [5.41, 5.74) is 1.44. The molecule has 23 heavy (non-hydrogen) atoms. The molecule has 0 aliphatic rings. The molecule has 0 spiro atoms. The average molecular weight is 335 g/mol. The van der Waals surface area contributed by atoms with E-state index in [1.807, 2.05) is 0 Å². The summed E-state index contributed by atoms with van der Waals surface area (Å²) in [6.07, 6.45) is 0.738. The van der Waals surface area contributed by atoms with Gasteiger partial charge in [0.05, 0.1) is 14.2 Å². The molecule has 0 N–H and O–H groups in total. The first-order chi connectivity index (χ1) is 11.1. The van der Waals surface area contributed by atoms with E-state index < -0.39 is 5.97 Å². The molecule has 0 amide bonds. The lowest BCUT2D eigenvalue weighted by atomic mass is 10.1. The molecule has 0 aromatic heterocycles. The Kier molecular flexibility index (Phi) is 5.60. The third kappa shape index (κ3) is 4.02. The Morgan fingerprint density at radius 3 is 2.57 bits per heavy atom. The zero-order valence-corrected chi connectivity index (χ0v) is 13.4. The van der Waals surface area contributed by atoms with Gasteiger partial charge in [-0.15, -0.1) is 0 Å². The Morgan fingerprint density at radius 1 is 1.13 bits per heavy atom. The van der Waals surface area contributed by atoms with Crippen LogP contribution in [0.1, 0.15) is 26.3 Å².